The zero-order valence-electron chi connectivity index (χ0n) is 21.2. The standard InChI is InChI=1S/C27H33F2N3O4/c1-16(2)32-23-9-7-6-8-17(23)10-13-21(25(32)34)30-24(33)22(31-26(35)36-27(3,4)5)15-18-14-19(28)11-12-20(18)29/h6-9,11-12,14,16,21-22H,10,13,15H2,1-5H3,(H,30,33)(H,31,35). The third kappa shape index (κ3) is 6.80. The molecule has 1 aliphatic rings. The second kappa shape index (κ2) is 11.1. The van der Waals surface area contributed by atoms with Gasteiger partial charge in [-0.1, -0.05) is 18.2 Å². The van der Waals surface area contributed by atoms with E-state index in [2.05, 4.69) is 10.6 Å². The number of hydrogen-bond donors (Lipinski definition) is 2. The number of carbonyl (C=O) groups is 3. The van der Waals surface area contributed by atoms with Gasteiger partial charge in [-0.15, -0.1) is 0 Å². The Balaban J connectivity index is 1.85. The predicted octanol–water partition coefficient (Wildman–Crippen LogP) is 4.27. The maximum Gasteiger partial charge on any atom is 0.408 e. The average molecular weight is 502 g/mol. The molecule has 1 aliphatic heterocycles. The number of para-hydroxylation sites is 1. The van der Waals surface area contributed by atoms with E-state index in [1.165, 1.54) is 0 Å². The molecule has 7 nitrogen and oxygen atoms in total. The van der Waals surface area contributed by atoms with Crippen LogP contribution in [0.1, 0.15) is 52.2 Å². The smallest absolute Gasteiger partial charge is 0.408 e. The van der Waals surface area contributed by atoms with E-state index in [0.29, 0.717) is 12.8 Å². The number of anilines is 1. The number of carbonyl (C=O) groups excluding carboxylic acids is 3. The van der Waals surface area contributed by atoms with Gasteiger partial charge >= 0.3 is 6.09 Å². The highest BCUT2D eigenvalue weighted by atomic mass is 19.1. The van der Waals surface area contributed by atoms with Crippen LogP contribution >= 0.6 is 0 Å². The van der Waals surface area contributed by atoms with Crippen molar-refractivity contribution < 1.29 is 27.9 Å². The number of ether oxygens (including phenoxy) is 1. The Bertz CT molecular complexity index is 1130. The fourth-order valence-electron chi connectivity index (χ4n) is 4.18. The highest BCUT2D eigenvalue weighted by Gasteiger charge is 2.35. The van der Waals surface area contributed by atoms with E-state index >= 15 is 0 Å². The summed E-state index contributed by atoms with van der Waals surface area (Å²) in [6, 6.07) is 8.14. The Hall–Kier alpha value is -3.49. The molecule has 0 fully saturated rings. The van der Waals surface area contributed by atoms with Crippen molar-refractivity contribution in [2.75, 3.05) is 4.90 Å². The van der Waals surface area contributed by atoms with Crippen LogP contribution in [-0.2, 0) is 27.2 Å². The quantitative estimate of drug-likeness (QED) is 0.619. The van der Waals surface area contributed by atoms with Gasteiger partial charge in [0.05, 0.1) is 0 Å². The molecule has 2 N–H and O–H groups in total. The molecule has 0 bridgehead atoms. The first kappa shape index (κ1) is 27.1. The Morgan fingerprint density at radius 3 is 2.50 bits per heavy atom. The highest BCUT2D eigenvalue weighted by Crippen LogP contribution is 2.28. The van der Waals surface area contributed by atoms with Crippen molar-refractivity contribution in [1.82, 2.24) is 10.6 Å². The van der Waals surface area contributed by atoms with Gasteiger partial charge in [-0.2, -0.15) is 0 Å². The van der Waals surface area contributed by atoms with E-state index in [-0.39, 0.29) is 23.9 Å². The normalized spacial score (nSPS) is 16.7. The molecular weight excluding hydrogens is 468 g/mol. The Morgan fingerprint density at radius 1 is 1.14 bits per heavy atom. The summed E-state index contributed by atoms with van der Waals surface area (Å²) in [5.41, 5.74) is 0.853. The lowest BCUT2D eigenvalue weighted by atomic mass is 10.0. The third-order valence-corrected chi connectivity index (χ3v) is 5.76. The van der Waals surface area contributed by atoms with Crippen LogP contribution in [0.5, 0.6) is 0 Å². The van der Waals surface area contributed by atoms with Crippen molar-refractivity contribution in [2.45, 2.75) is 77.6 Å². The van der Waals surface area contributed by atoms with Crippen LogP contribution in [0.2, 0.25) is 0 Å². The van der Waals surface area contributed by atoms with Crippen molar-refractivity contribution in [3.63, 3.8) is 0 Å². The number of hydrogen-bond acceptors (Lipinski definition) is 4. The minimum atomic E-state index is -1.30. The minimum absolute atomic E-state index is 0.0883. The minimum Gasteiger partial charge on any atom is -0.444 e. The lowest BCUT2D eigenvalue weighted by Crippen LogP contribution is -2.56. The molecule has 0 saturated heterocycles. The lowest BCUT2D eigenvalue weighted by Gasteiger charge is -2.30. The molecule has 2 atom stereocenters. The number of fused-ring (bicyclic) bond motifs is 1. The van der Waals surface area contributed by atoms with Crippen LogP contribution in [0.3, 0.4) is 0 Å². The second-order valence-electron chi connectivity index (χ2n) is 10.2. The fraction of sp³-hybridized carbons (Fsp3) is 0.444. The zero-order valence-corrected chi connectivity index (χ0v) is 21.2. The first-order valence-corrected chi connectivity index (χ1v) is 12.0. The average Bonchev–Trinajstić information content (AvgIpc) is 2.91. The predicted molar refractivity (Wildman–Crippen MR) is 133 cm³/mol. The summed E-state index contributed by atoms with van der Waals surface area (Å²) >= 11 is 0. The largest absolute Gasteiger partial charge is 0.444 e. The monoisotopic (exact) mass is 501 g/mol. The van der Waals surface area contributed by atoms with Gasteiger partial charge in [0, 0.05) is 18.2 Å². The third-order valence-electron chi connectivity index (χ3n) is 5.76. The van der Waals surface area contributed by atoms with Crippen molar-refractivity contribution >= 4 is 23.6 Å². The van der Waals surface area contributed by atoms with Gasteiger partial charge in [-0.25, -0.2) is 13.6 Å². The molecular formula is C27H33F2N3O4. The number of nitrogens with one attached hydrogen (secondary N) is 2. The molecule has 3 amide bonds. The molecule has 2 aromatic rings. The van der Waals surface area contributed by atoms with Crippen molar-refractivity contribution in [2.24, 2.45) is 0 Å². The van der Waals surface area contributed by atoms with Gasteiger partial charge in [0.2, 0.25) is 11.8 Å². The number of rotatable bonds is 6. The zero-order chi connectivity index (χ0) is 26.6. The molecule has 36 heavy (non-hydrogen) atoms. The van der Waals surface area contributed by atoms with Crippen molar-refractivity contribution in [1.29, 1.82) is 0 Å². The molecule has 2 aromatic carbocycles. The van der Waals surface area contributed by atoms with Crippen molar-refractivity contribution in [3.8, 4) is 0 Å². The van der Waals surface area contributed by atoms with Gasteiger partial charge in [0.1, 0.15) is 29.3 Å². The molecule has 2 unspecified atom stereocenters. The van der Waals surface area contributed by atoms with E-state index < -0.39 is 41.3 Å². The van der Waals surface area contributed by atoms with Gasteiger partial charge in [-0.05, 0) is 82.9 Å². The Kier molecular flexibility index (Phi) is 8.32. The van der Waals surface area contributed by atoms with Gasteiger partial charge < -0.3 is 20.3 Å². The van der Waals surface area contributed by atoms with E-state index in [1.54, 1.807) is 25.7 Å². The van der Waals surface area contributed by atoms with Crippen LogP contribution < -0.4 is 15.5 Å². The maximum absolute atomic E-state index is 14.4. The summed E-state index contributed by atoms with van der Waals surface area (Å²) in [5, 5.41) is 5.19. The lowest BCUT2D eigenvalue weighted by molar-refractivity contribution is -0.129. The summed E-state index contributed by atoms with van der Waals surface area (Å²) in [7, 11) is 0. The number of benzene rings is 2. The first-order valence-electron chi connectivity index (χ1n) is 12.0. The van der Waals surface area contributed by atoms with Crippen LogP contribution in [0, 0.1) is 11.6 Å². The van der Waals surface area contributed by atoms with E-state index in [4.69, 9.17) is 4.74 Å². The van der Waals surface area contributed by atoms with E-state index in [1.807, 2.05) is 38.1 Å². The molecule has 0 aliphatic carbocycles. The molecule has 0 saturated carbocycles. The number of nitrogens with zero attached hydrogens (tertiary/aromatic N) is 1. The molecule has 0 aromatic heterocycles. The van der Waals surface area contributed by atoms with Crippen LogP contribution in [0.4, 0.5) is 19.3 Å². The van der Waals surface area contributed by atoms with Crippen molar-refractivity contribution in [3.05, 3.63) is 65.2 Å². The molecule has 1 heterocycles. The summed E-state index contributed by atoms with van der Waals surface area (Å²) in [6.45, 7) is 8.76. The summed E-state index contributed by atoms with van der Waals surface area (Å²) in [6.07, 6.45) is -0.316. The fourth-order valence-corrected chi connectivity index (χ4v) is 4.18. The number of alkyl carbamates (subject to hydrolysis) is 1. The van der Waals surface area contributed by atoms with Crippen LogP contribution in [0.25, 0.3) is 0 Å². The molecule has 3 rings (SSSR count). The van der Waals surface area contributed by atoms with Gasteiger partial charge in [0.15, 0.2) is 0 Å². The summed E-state index contributed by atoms with van der Waals surface area (Å²) in [4.78, 5) is 40.9. The van der Waals surface area contributed by atoms with Crippen LogP contribution in [-0.4, -0.2) is 41.6 Å². The van der Waals surface area contributed by atoms with E-state index in [9.17, 15) is 23.2 Å². The number of halogens is 2. The molecule has 194 valence electrons. The summed E-state index contributed by atoms with van der Waals surface area (Å²) in [5.74, 6) is -2.37. The van der Waals surface area contributed by atoms with Gasteiger partial charge in [-0.3, -0.25) is 9.59 Å². The number of amides is 3. The topological polar surface area (TPSA) is 87.7 Å². The Morgan fingerprint density at radius 2 is 1.83 bits per heavy atom. The molecule has 0 spiro atoms. The number of aryl methyl sites for hydroxylation is 1. The Labute approximate surface area is 210 Å². The van der Waals surface area contributed by atoms with Gasteiger partial charge in [0.25, 0.3) is 0 Å². The SMILES string of the molecule is CC(C)N1C(=O)C(NC(=O)C(Cc2cc(F)ccc2F)NC(=O)OC(C)(C)C)CCc2ccccc21. The first-order chi connectivity index (χ1) is 16.9. The molecule has 9 heteroatoms. The molecule has 0 radical (unpaired) electrons. The summed E-state index contributed by atoms with van der Waals surface area (Å²) < 4.78 is 33.4. The van der Waals surface area contributed by atoms with E-state index in [0.717, 1.165) is 29.4 Å². The maximum atomic E-state index is 14.4. The second-order valence-corrected chi connectivity index (χ2v) is 10.2. The van der Waals surface area contributed by atoms with Crippen LogP contribution in [0.15, 0.2) is 42.5 Å². The highest BCUT2D eigenvalue weighted by molar-refractivity contribution is 6.01.